The number of hydrogen-bond donors (Lipinski definition) is 2. The third kappa shape index (κ3) is 3.84. The summed E-state index contributed by atoms with van der Waals surface area (Å²) in [6, 6.07) is 0.562. The fraction of sp³-hybridized carbons (Fsp3) is 0.750. The lowest BCUT2D eigenvalue weighted by molar-refractivity contribution is -0.140. The minimum Gasteiger partial charge on any atom is -0.480 e. The molecule has 2 N–H and O–H groups in total. The van der Waals surface area contributed by atoms with E-state index in [0.29, 0.717) is 12.0 Å². The molecule has 0 aliphatic heterocycles. The van der Waals surface area contributed by atoms with E-state index in [1.54, 1.807) is 0 Å². The standard InChI is InChI=1S/C16H24N2O3/c19-15(20)10-18(9-11-5-6-11)14-7-13(8-14)17-16(21)12-3-1-2-4-12/h1-2,11-14H,3-10H2,(H,17,21)(H,19,20). The average molecular weight is 292 g/mol. The van der Waals surface area contributed by atoms with Crippen molar-refractivity contribution in [2.45, 2.75) is 50.6 Å². The fourth-order valence-electron chi connectivity index (χ4n) is 3.30. The van der Waals surface area contributed by atoms with E-state index in [1.807, 2.05) is 0 Å². The molecule has 0 heterocycles. The maximum atomic E-state index is 12.0. The van der Waals surface area contributed by atoms with E-state index in [0.717, 1.165) is 32.2 Å². The highest BCUT2D eigenvalue weighted by Gasteiger charge is 2.38. The predicted octanol–water partition coefficient (Wildman–Crippen LogP) is 1.40. The van der Waals surface area contributed by atoms with Crippen LogP contribution in [0.1, 0.15) is 38.5 Å². The number of allylic oxidation sites excluding steroid dienone is 2. The van der Waals surface area contributed by atoms with Gasteiger partial charge < -0.3 is 10.4 Å². The van der Waals surface area contributed by atoms with Crippen LogP contribution in [0.25, 0.3) is 0 Å². The third-order valence-electron chi connectivity index (χ3n) is 4.88. The molecule has 0 aromatic rings. The highest BCUT2D eigenvalue weighted by molar-refractivity contribution is 5.79. The Labute approximate surface area is 125 Å². The molecule has 0 unspecified atom stereocenters. The van der Waals surface area contributed by atoms with Crippen molar-refractivity contribution < 1.29 is 14.7 Å². The Kier molecular flexibility index (Phi) is 4.29. The van der Waals surface area contributed by atoms with Crippen molar-refractivity contribution in [2.24, 2.45) is 11.8 Å². The Morgan fingerprint density at radius 3 is 2.43 bits per heavy atom. The first kappa shape index (κ1) is 14.6. The SMILES string of the molecule is O=C(O)CN(CC1CC1)C1CC(NC(=O)C2CC=CC2)C1. The van der Waals surface area contributed by atoms with Gasteiger partial charge in [0.2, 0.25) is 5.91 Å². The molecule has 0 aromatic heterocycles. The number of nitrogens with zero attached hydrogens (tertiary/aromatic N) is 1. The molecule has 1 amide bonds. The van der Waals surface area contributed by atoms with Gasteiger partial charge in [0.1, 0.15) is 0 Å². The highest BCUT2D eigenvalue weighted by Crippen LogP contribution is 2.34. The van der Waals surface area contributed by atoms with E-state index in [-0.39, 0.29) is 24.4 Å². The monoisotopic (exact) mass is 292 g/mol. The summed E-state index contributed by atoms with van der Waals surface area (Å²) in [6.45, 7) is 1.04. The van der Waals surface area contributed by atoms with Gasteiger partial charge in [-0.05, 0) is 44.4 Å². The summed E-state index contributed by atoms with van der Waals surface area (Å²) in [5.41, 5.74) is 0. The highest BCUT2D eigenvalue weighted by atomic mass is 16.4. The Hall–Kier alpha value is -1.36. The first-order valence-corrected chi connectivity index (χ1v) is 8.03. The quantitative estimate of drug-likeness (QED) is 0.696. The number of aliphatic carboxylic acids is 1. The minimum absolute atomic E-state index is 0.116. The molecular weight excluding hydrogens is 268 g/mol. The molecule has 0 bridgehead atoms. The molecule has 2 saturated carbocycles. The van der Waals surface area contributed by atoms with Crippen LogP contribution in [0.4, 0.5) is 0 Å². The summed E-state index contributed by atoms with van der Waals surface area (Å²) < 4.78 is 0. The third-order valence-corrected chi connectivity index (χ3v) is 4.88. The Bertz CT molecular complexity index is 431. The summed E-state index contributed by atoms with van der Waals surface area (Å²) in [4.78, 5) is 25.1. The van der Waals surface area contributed by atoms with Crippen LogP contribution >= 0.6 is 0 Å². The van der Waals surface area contributed by atoms with Gasteiger partial charge in [-0.2, -0.15) is 0 Å². The lowest BCUT2D eigenvalue weighted by Crippen LogP contribution is -2.56. The van der Waals surface area contributed by atoms with Crippen molar-refractivity contribution in [3.8, 4) is 0 Å². The van der Waals surface area contributed by atoms with E-state index in [4.69, 9.17) is 5.11 Å². The largest absolute Gasteiger partial charge is 0.480 e. The van der Waals surface area contributed by atoms with Gasteiger partial charge in [-0.25, -0.2) is 0 Å². The molecule has 2 fully saturated rings. The van der Waals surface area contributed by atoms with Gasteiger partial charge >= 0.3 is 5.97 Å². The minimum atomic E-state index is -0.750. The zero-order chi connectivity index (χ0) is 14.8. The number of carbonyl (C=O) groups excluding carboxylic acids is 1. The second-order valence-corrected chi connectivity index (χ2v) is 6.74. The van der Waals surface area contributed by atoms with Gasteiger partial charge in [0.05, 0.1) is 6.54 Å². The zero-order valence-corrected chi connectivity index (χ0v) is 12.3. The summed E-state index contributed by atoms with van der Waals surface area (Å²) in [5.74, 6) is 0.226. The Morgan fingerprint density at radius 2 is 1.86 bits per heavy atom. The molecule has 0 saturated heterocycles. The molecule has 21 heavy (non-hydrogen) atoms. The summed E-state index contributed by atoms with van der Waals surface area (Å²) in [7, 11) is 0. The number of hydrogen-bond acceptors (Lipinski definition) is 3. The van der Waals surface area contributed by atoms with Crippen LogP contribution in [0, 0.1) is 11.8 Å². The molecule has 5 heteroatoms. The molecule has 3 aliphatic carbocycles. The predicted molar refractivity (Wildman–Crippen MR) is 78.7 cm³/mol. The van der Waals surface area contributed by atoms with E-state index in [9.17, 15) is 9.59 Å². The van der Waals surface area contributed by atoms with Gasteiger partial charge in [-0.15, -0.1) is 0 Å². The van der Waals surface area contributed by atoms with Gasteiger partial charge in [0.15, 0.2) is 0 Å². The van der Waals surface area contributed by atoms with Crippen LogP contribution < -0.4 is 5.32 Å². The number of carboxylic acid groups (broad SMARTS) is 1. The number of carbonyl (C=O) groups is 2. The first-order valence-electron chi connectivity index (χ1n) is 8.03. The number of nitrogens with one attached hydrogen (secondary N) is 1. The lowest BCUT2D eigenvalue weighted by atomic mass is 9.84. The molecule has 0 spiro atoms. The smallest absolute Gasteiger partial charge is 0.317 e. The lowest BCUT2D eigenvalue weighted by Gasteiger charge is -2.43. The van der Waals surface area contributed by atoms with Crippen molar-refractivity contribution >= 4 is 11.9 Å². The van der Waals surface area contributed by atoms with Gasteiger partial charge in [-0.3, -0.25) is 14.5 Å². The maximum absolute atomic E-state index is 12.0. The molecule has 116 valence electrons. The van der Waals surface area contributed by atoms with Crippen molar-refractivity contribution in [3.05, 3.63) is 12.2 Å². The van der Waals surface area contributed by atoms with E-state index in [1.165, 1.54) is 12.8 Å². The summed E-state index contributed by atoms with van der Waals surface area (Å²) >= 11 is 0. The number of rotatable bonds is 7. The van der Waals surface area contributed by atoms with Gasteiger partial charge in [0, 0.05) is 24.5 Å². The van der Waals surface area contributed by atoms with Crippen molar-refractivity contribution in [1.82, 2.24) is 10.2 Å². The average Bonchev–Trinajstić information content (AvgIpc) is 3.03. The van der Waals surface area contributed by atoms with Crippen LogP contribution in [0.5, 0.6) is 0 Å². The van der Waals surface area contributed by atoms with Crippen LogP contribution in [-0.4, -0.2) is 47.1 Å². The zero-order valence-electron chi connectivity index (χ0n) is 12.3. The van der Waals surface area contributed by atoms with Crippen LogP contribution in [0.15, 0.2) is 12.2 Å². The molecule has 3 rings (SSSR count). The van der Waals surface area contributed by atoms with E-state index in [2.05, 4.69) is 22.4 Å². The Balaban J connectivity index is 1.42. The van der Waals surface area contributed by atoms with Crippen molar-refractivity contribution in [2.75, 3.05) is 13.1 Å². The maximum Gasteiger partial charge on any atom is 0.317 e. The van der Waals surface area contributed by atoms with E-state index < -0.39 is 5.97 Å². The fourth-order valence-corrected chi connectivity index (χ4v) is 3.30. The molecule has 0 aromatic carbocycles. The molecule has 0 atom stereocenters. The van der Waals surface area contributed by atoms with E-state index >= 15 is 0 Å². The topological polar surface area (TPSA) is 69.6 Å². The van der Waals surface area contributed by atoms with Crippen molar-refractivity contribution in [3.63, 3.8) is 0 Å². The number of amides is 1. The number of carboxylic acids is 1. The first-order chi connectivity index (χ1) is 10.1. The Morgan fingerprint density at radius 1 is 1.19 bits per heavy atom. The van der Waals surface area contributed by atoms with Crippen molar-refractivity contribution in [1.29, 1.82) is 0 Å². The van der Waals surface area contributed by atoms with Crippen LogP contribution in [0.2, 0.25) is 0 Å². The summed E-state index contributed by atoms with van der Waals surface area (Å²) in [6.07, 6.45) is 10.1. The second kappa shape index (κ2) is 6.18. The van der Waals surface area contributed by atoms with Crippen LogP contribution in [-0.2, 0) is 9.59 Å². The molecule has 5 nitrogen and oxygen atoms in total. The second-order valence-electron chi connectivity index (χ2n) is 6.74. The van der Waals surface area contributed by atoms with Gasteiger partial charge in [-0.1, -0.05) is 12.2 Å². The normalized spacial score (nSPS) is 28.6. The van der Waals surface area contributed by atoms with Crippen LogP contribution in [0.3, 0.4) is 0 Å². The molecule has 0 radical (unpaired) electrons. The summed E-state index contributed by atoms with van der Waals surface area (Å²) in [5, 5.41) is 12.1. The molecule has 3 aliphatic rings. The van der Waals surface area contributed by atoms with Gasteiger partial charge in [0.25, 0.3) is 0 Å². The molecular formula is C16H24N2O3.